The minimum atomic E-state index is -3.02. The van der Waals surface area contributed by atoms with Crippen molar-refractivity contribution in [1.82, 2.24) is 5.32 Å². The van der Waals surface area contributed by atoms with Crippen LogP contribution in [0.3, 0.4) is 0 Å². The van der Waals surface area contributed by atoms with Crippen LogP contribution in [0.2, 0.25) is 5.02 Å². The quantitative estimate of drug-likeness (QED) is 0.637. The molecule has 28 heavy (non-hydrogen) atoms. The van der Waals surface area contributed by atoms with Crippen molar-refractivity contribution in [3.63, 3.8) is 0 Å². The van der Waals surface area contributed by atoms with Gasteiger partial charge in [-0.3, -0.25) is 4.79 Å². The number of rotatable bonds is 9. The molecule has 2 aromatic rings. The smallest absolute Gasteiger partial charge is 0.387 e. The molecule has 0 unspecified atom stereocenters. The molecule has 0 aliphatic heterocycles. The summed E-state index contributed by atoms with van der Waals surface area (Å²) >= 11 is 5.80. The van der Waals surface area contributed by atoms with Crippen molar-refractivity contribution in [3.8, 4) is 11.5 Å². The van der Waals surface area contributed by atoms with E-state index in [1.54, 1.807) is 12.1 Å². The predicted molar refractivity (Wildman–Crippen MR) is 98.1 cm³/mol. The number of methoxy groups -OCH3 is 1. The van der Waals surface area contributed by atoms with Crippen LogP contribution in [0.15, 0.2) is 42.5 Å². The van der Waals surface area contributed by atoms with Crippen LogP contribution in [0.25, 0.3) is 0 Å². The van der Waals surface area contributed by atoms with Gasteiger partial charge in [0.25, 0.3) is 5.91 Å². The minimum absolute atomic E-state index is 0.0347. The van der Waals surface area contributed by atoms with Crippen LogP contribution in [0.4, 0.5) is 8.78 Å². The average Bonchev–Trinajstić information content (AvgIpc) is 2.67. The van der Waals surface area contributed by atoms with Gasteiger partial charge in [0.2, 0.25) is 0 Å². The molecule has 0 spiro atoms. The van der Waals surface area contributed by atoms with Crippen LogP contribution < -0.4 is 14.8 Å². The van der Waals surface area contributed by atoms with E-state index in [9.17, 15) is 18.4 Å². The van der Waals surface area contributed by atoms with Crippen LogP contribution in [-0.2, 0) is 16.0 Å². The Morgan fingerprint density at radius 3 is 2.46 bits per heavy atom. The topological polar surface area (TPSA) is 73.9 Å². The minimum Gasteiger partial charge on any atom is -0.493 e. The normalized spacial score (nSPS) is 10.5. The Morgan fingerprint density at radius 2 is 1.82 bits per heavy atom. The van der Waals surface area contributed by atoms with Gasteiger partial charge in [-0.15, -0.1) is 0 Å². The van der Waals surface area contributed by atoms with E-state index in [1.165, 1.54) is 19.2 Å². The standard InChI is InChI=1S/C19H18ClF2NO5/c1-26-16-10-13(4-7-15(16)28-19(21)22)18(25)27-11-17(24)23-9-8-12-2-5-14(20)6-3-12/h2-7,10,19H,8-9,11H2,1H3,(H,23,24). The fraction of sp³-hybridized carbons (Fsp3) is 0.263. The molecule has 6 nitrogen and oxygen atoms in total. The highest BCUT2D eigenvalue weighted by Crippen LogP contribution is 2.29. The number of hydrogen-bond donors (Lipinski definition) is 1. The van der Waals surface area contributed by atoms with Crippen molar-refractivity contribution in [2.45, 2.75) is 13.0 Å². The number of nitrogens with one attached hydrogen (secondary N) is 1. The third kappa shape index (κ3) is 6.70. The first kappa shape index (κ1) is 21.4. The van der Waals surface area contributed by atoms with Crippen molar-refractivity contribution in [2.24, 2.45) is 0 Å². The van der Waals surface area contributed by atoms with E-state index in [1.807, 2.05) is 12.1 Å². The summed E-state index contributed by atoms with van der Waals surface area (Å²) in [5.41, 5.74) is 1.03. The summed E-state index contributed by atoms with van der Waals surface area (Å²) in [7, 11) is 1.25. The number of halogens is 3. The van der Waals surface area contributed by atoms with Crippen molar-refractivity contribution >= 4 is 23.5 Å². The van der Waals surface area contributed by atoms with E-state index in [0.29, 0.717) is 18.0 Å². The molecule has 150 valence electrons. The fourth-order valence-corrected chi connectivity index (χ4v) is 2.38. The molecule has 2 rings (SSSR count). The van der Waals surface area contributed by atoms with Gasteiger partial charge in [-0.1, -0.05) is 23.7 Å². The van der Waals surface area contributed by atoms with Gasteiger partial charge in [0.1, 0.15) is 0 Å². The van der Waals surface area contributed by atoms with E-state index in [-0.39, 0.29) is 17.1 Å². The first-order valence-electron chi connectivity index (χ1n) is 8.20. The molecule has 9 heteroatoms. The highest BCUT2D eigenvalue weighted by atomic mass is 35.5. The number of hydrogen-bond acceptors (Lipinski definition) is 5. The SMILES string of the molecule is COc1cc(C(=O)OCC(=O)NCCc2ccc(Cl)cc2)ccc1OC(F)F. The summed E-state index contributed by atoms with van der Waals surface area (Å²) in [6.45, 7) is -3.13. The van der Waals surface area contributed by atoms with Crippen LogP contribution >= 0.6 is 11.6 Å². The monoisotopic (exact) mass is 413 g/mol. The number of benzene rings is 2. The summed E-state index contributed by atoms with van der Waals surface area (Å²) in [6, 6.07) is 10.8. The zero-order chi connectivity index (χ0) is 20.5. The Morgan fingerprint density at radius 1 is 1.11 bits per heavy atom. The van der Waals surface area contributed by atoms with Gasteiger partial charge in [0, 0.05) is 11.6 Å². The second-order valence-corrected chi connectivity index (χ2v) is 5.98. The molecule has 0 atom stereocenters. The second kappa shape index (κ2) is 10.5. The Balaban J connectivity index is 1.80. The van der Waals surface area contributed by atoms with Crippen molar-refractivity contribution in [3.05, 3.63) is 58.6 Å². The largest absolute Gasteiger partial charge is 0.493 e. The first-order chi connectivity index (χ1) is 13.4. The maximum absolute atomic E-state index is 12.3. The van der Waals surface area contributed by atoms with E-state index >= 15 is 0 Å². The maximum atomic E-state index is 12.3. The fourth-order valence-electron chi connectivity index (χ4n) is 2.25. The van der Waals surface area contributed by atoms with Crippen molar-refractivity contribution < 1.29 is 32.6 Å². The Kier molecular flexibility index (Phi) is 8.01. The Labute approximate surface area is 165 Å². The number of carbonyl (C=O) groups is 2. The summed E-state index contributed by atoms with van der Waals surface area (Å²) < 4.78 is 38.7. The lowest BCUT2D eigenvalue weighted by molar-refractivity contribution is -0.124. The molecule has 0 radical (unpaired) electrons. The van der Waals surface area contributed by atoms with Crippen molar-refractivity contribution in [1.29, 1.82) is 0 Å². The molecule has 0 aliphatic carbocycles. The zero-order valence-electron chi connectivity index (χ0n) is 14.9. The van der Waals surface area contributed by atoms with Gasteiger partial charge >= 0.3 is 12.6 Å². The summed E-state index contributed by atoms with van der Waals surface area (Å²) in [5.74, 6) is -1.53. The molecule has 0 aromatic heterocycles. The number of carbonyl (C=O) groups excluding carboxylic acids is 2. The van der Waals surface area contributed by atoms with Gasteiger partial charge in [-0.2, -0.15) is 8.78 Å². The van der Waals surface area contributed by atoms with E-state index in [2.05, 4.69) is 10.1 Å². The van der Waals surface area contributed by atoms with Gasteiger partial charge in [-0.05, 0) is 42.3 Å². The first-order valence-corrected chi connectivity index (χ1v) is 8.58. The van der Waals surface area contributed by atoms with Crippen LogP contribution in [-0.4, -0.2) is 38.7 Å². The lowest BCUT2D eigenvalue weighted by Crippen LogP contribution is -2.30. The van der Waals surface area contributed by atoms with Crippen LogP contribution in [0, 0.1) is 0 Å². The molecule has 1 amide bonds. The lowest BCUT2D eigenvalue weighted by Gasteiger charge is -2.11. The third-order valence-electron chi connectivity index (χ3n) is 3.60. The molecule has 0 saturated heterocycles. The highest BCUT2D eigenvalue weighted by Gasteiger charge is 2.16. The Hall–Kier alpha value is -2.87. The number of esters is 1. The second-order valence-electron chi connectivity index (χ2n) is 5.55. The number of ether oxygens (including phenoxy) is 3. The molecule has 0 heterocycles. The van der Waals surface area contributed by atoms with Gasteiger partial charge in [0.05, 0.1) is 12.7 Å². The predicted octanol–water partition coefficient (Wildman–Crippen LogP) is 3.47. The number of amides is 1. The van der Waals surface area contributed by atoms with Crippen molar-refractivity contribution in [2.75, 3.05) is 20.3 Å². The van der Waals surface area contributed by atoms with Crippen LogP contribution in [0.5, 0.6) is 11.5 Å². The van der Waals surface area contributed by atoms with E-state index in [0.717, 1.165) is 11.6 Å². The molecule has 0 saturated carbocycles. The average molecular weight is 414 g/mol. The van der Waals surface area contributed by atoms with Gasteiger partial charge in [0.15, 0.2) is 18.1 Å². The molecule has 0 aliphatic rings. The highest BCUT2D eigenvalue weighted by molar-refractivity contribution is 6.30. The van der Waals surface area contributed by atoms with E-state index < -0.39 is 25.1 Å². The van der Waals surface area contributed by atoms with E-state index in [4.69, 9.17) is 21.1 Å². The molecule has 2 aromatic carbocycles. The summed E-state index contributed by atoms with van der Waals surface area (Å²) in [6.07, 6.45) is 0.597. The lowest BCUT2D eigenvalue weighted by atomic mass is 10.1. The van der Waals surface area contributed by atoms with Crippen LogP contribution in [0.1, 0.15) is 15.9 Å². The summed E-state index contributed by atoms with van der Waals surface area (Å²) in [4.78, 5) is 23.8. The zero-order valence-corrected chi connectivity index (χ0v) is 15.7. The Bertz CT molecular complexity index is 814. The van der Waals surface area contributed by atoms with Gasteiger partial charge in [-0.25, -0.2) is 4.79 Å². The molecule has 0 fully saturated rings. The third-order valence-corrected chi connectivity index (χ3v) is 3.85. The molecule has 0 bridgehead atoms. The summed E-state index contributed by atoms with van der Waals surface area (Å²) in [5, 5.41) is 3.26. The number of alkyl halides is 2. The van der Waals surface area contributed by atoms with Gasteiger partial charge < -0.3 is 19.5 Å². The maximum Gasteiger partial charge on any atom is 0.387 e. The molecular formula is C19H18ClF2NO5. The molecular weight excluding hydrogens is 396 g/mol. The molecule has 1 N–H and O–H groups in total.